The van der Waals surface area contributed by atoms with Gasteiger partial charge >= 0.3 is 6.18 Å². The number of aryl methyl sites for hydroxylation is 1. The summed E-state index contributed by atoms with van der Waals surface area (Å²) in [7, 11) is 0. The SMILES string of the molecule is Cc1nc2c(c(N[C@H](C)c3cc(N)cc(C(F)(F)F)c3)n1)CNCC2. The molecule has 0 radical (unpaired) electrons. The van der Waals surface area contributed by atoms with Crippen molar-refractivity contribution in [1.29, 1.82) is 0 Å². The zero-order chi connectivity index (χ0) is 18.2. The number of anilines is 2. The molecule has 0 aliphatic carbocycles. The van der Waals surface area contributed by atoms with E-state index in [0.717, 1.165) is 36.4 Å². The molecule has 0 bridgehead atoms. The largest absolute Gasteiger partial charge is 0.416 e. The number of fused-ring (bicyclic) bond motifs is 1. The second-order valence-electron chi connectivity index (χ2n) is 6.22. The predicted octanol–water partition coefficient (Wildman–Crippen LogP) is 3.20. The van der Waals surface area contributed by atoms with E-state index < -0.39 is 11.7 Å². The van der Waals surface area contributed by atoms with E-state index in [9.17, 15) is 13.2 Å². The Morgan fingerprint density at radius 1 is 1.24 bits per heavy atom. The molecule has 0 saturated carbocycles. The number of hydrogen-bond acceptors (Lipinski definition) is 5. The summed E-state index contributed by atoms with van der Waals surface area (Å²) < 4.78 is 39.0. The second-order valence-corrected chi connectivity index (χ2v) is 6.22. The van der Waals surface area contributed by atoms with Gasteiger partial charge in [-0.1, -0.05) is 0 Å². The average Bonchev–Trinajstić information content (AvgIpc) is 2.53. The van der Waals surface area contributed by atoms with Gasteiger partial charge in [0.05, 0.1) is 17.3 Å². The number of nitrogens with two attached hydrogens (primary N) is 1. The van der Waals surface area contributed by atoms with Crippen LogP contribution in [0.15, 0.2) is 18.2 Å². The Bertz CT molecular complexity index is 789. The molecule has 1 aliphatic heterocycles. The van der Waals surface area contributed by atoms with Crippen LogP contribution in [0.3, 0.4) is 0 Å². The van der Waals surface area contributed by atoms with E-state index in [1.807, 2.05) is 0 Å². The van der Waals surface area contributed by atoms with Crippen LogP contribution in [0, 0.1) is 6.92 Å². The maximum Gasteiger partial charge on any atom is 0.416 e. The van der Waals surface area contributed by atoms with E-state index in [4.69, 9.17) is 5.73 Å². The molecule has 2 aromatic rings. The van der Waals surface area contributed by atoms with Gasteiger partial charge in [0.1, 0.15) is 11.6 Å². The van der Waals surface area contributed by atoms with E-state index in [2.05, 4.69) is 20.6 Å². The van der Waals surface area contributed by atoms with Crippen molar-refractivity contribution in [3.8, 4) is 0 Å². The number of nitrogens with one attached hydrogen (secondary N) is 2. The number of benzene rings is 1. The first kappa shape index (κ1) is 17.5. The quantitative estimate of drug-likeness (QED) is 0.741. The van der Waals surface area contributed by atoms with Gasteiger partial charge in [-0.05, 0) is 37.6 Å². The summed E-state index contributed by atoms with van der Waals surface area (Å²) in [5, 5.41) is 6.48. The lowest BCUT2D eigenvalue weighted by Gasteiger charge is -2.23. The molecule has 4 N–H and O–H groups in total. The first-order chi connectivity index (χ1) is 11.7. The van der Waals surface area contributed by atoms with Crippen LogP contribution in [0.25, 0.3) is 0 Å². The minimum atomic E-state index is -4.43. The van der Waals surface area contributed by atoms with Gasteiger partial charge in [-0.15, -0.1) is 0 Å². The second kappa shape index (κ2) is 6.51. The van der Waals surface area contributed by atoms with Crippen LogP contribution in [0.1, 0.15) is 41.2 Å². The fourth-order valence-corrected chi connectivity index (χ4v) is 2.96. The van der Waals surface area contributed by atoms with Crippen LogP contribution in [-0.4, -0.2) is 16.5 Å². The van der Waals surface area contributed by atoms with Crippen LogP contribution in [0.4, 0.5) is 24.7 Å². The average molecular weight is 351 g/mol. The number of alkyl halides is 3. The monoisotopic (exact) mass is 351 g/mol. The minimum absolute atomic E-state index is 0.0843. The van der Waals surface area contributed by atoms with Crippen molar-refractivity contribution in [3.63, 3.8) is 0 Å². The zero-order valence-corrected chi connectivity index (χ0v) is 14.0. The van der Waals surface area contributed by atoms with Gasteiger partial charge in [0.25, 0.3) is 0 Å². The normalized spacial score (nSPS) is 15.6. The Hall–Kier alpha value is -2.35. The van der Waals surface area contributed by atoms with Crippen molar-refractivity contribution in [1.82, 2.24) is 15.3 Å². The van der Waals surface area contributed by atoms with Crippen molar-refractivity contribution >= 4 is 11.5 Å². The third kappa shape index (κ3) is 3.84. The van der Waals surface area contributed by atoms with Crippen LogP contribution in [0.5, 0.6) is 0 Å². The molecule has 8 heteroatoms. The van der Waals surface area contributed by atoms with E-state index in [0.29, 0.717) is 23.8 Å². The molecule has 0 spiro atoms. The Morgan fingerprint density at radius 2 is 2.00 bits per heavy atom. The molecule has 5 nitrogen and oxygen atoms in total. The molecule has 134 valence electrons. The van der Waals surface area contributed by atoms with E-state index in [1.54, 1.807) is 19.9 Å². The van der Waals surface area contributed by atoms with E-state index in [1.165, 1.54) is 0 Å². The zero-order valence-electron chi connectivity index (χ0n) is 14.0. The highest BCUT2D eigenvalue weighted by atomic mass is 19.4. The Balaban J connectivity index is 1.92. The number of rotatable bonds is 3. The molecule has 1 atom stereocenters. The lowest BCUT2D eigenvalue weighted by atomic mass is 10.0. The molecular weight excluding hydrogens is 331 g/mol. The summed E-state index contributed by atoms with van der Waals surface area (Å²) in [5.41, 5.74) is 7.39. The predicted molar refractivity (Wildman–Crippen MR) is 90.1 cm³/mol. The molecule has 0 saturated heterocycles. The number of halogens is 3. The summed E-state index contributed by atoms with van der Waals surface area (Å²) in [4.78, 5) is 8.88. The van der Waals surface area contributed by atoms with Gasteiger partial charge in [0, 0.05) is 30.8 Å². The highest BCUT2D eigenvalue weighted by Crippen LogP contribution is 2.33. The van der Waals surface area contributed by atoms with E-state index >= 15 is 0 Å². The molecule has 25 heavy (non-hydrogen) atoms. The standard InChI is InChI=1S/C17H20F3N5/c1-9(11-5-12(17(18,19)20)7-13(21)6-11)23-16-14-8-22-4-3-15(14)24-10(2)25-16/h5-7,9,22H,3-4,8,21H2,1-2H3,(H,23,24,25)/t9-/m1/s1. The molecule has 2 heterocycles. The fraction of sp³-hybridized carbons (Fsp3) is 0.412. The Morgan fingerprint density at radius 3 is 2.72 bits per heavy atom. The van der Waals surface area contributed by atoms with Crippen molar-refractivity contribution in [2.45, 2.75) is 39.0 Å². The van der Waals surface area contributed by atoms with E-state index in [-0.39, 0.29) is 11.7 Å². The maximum absolute atomic E-state index is 13.0. The fourth-order valence-electron chi connectivity index (χ4n) is 2.96. The smallest absolute Gasteiger partial charge is 0.399 e. The summed E-state index contributed by atoms with van der Waals surface area (Å²) in [6.45, 7) is 5.08. The third-order valence-corrected chi connectivity index (χ3v) is 4.20. The molecule has 0 fully saturated rings. The van der Waals surface area contributed by atoms with Gasteiger partial charge in [0.2, 0.25) is 0 Å². The Kier molecular flexibility index (Phi) is 4.55. The highest BCUT2D eigenvalue weighted by molar-refractivity contribution is 5.52. The Labute approximate surface area is 143 Å². The molecule has 0 unspecified atom stereocenters. The van der Waals surface area contributed by atoms with Crippen molar-refractivity contribution in [2.75, 3.05) is 17.6 Å². The number of aromatic nitrogens is 2. The van der Waals surface area contributed by atoms with Crippen molar-refractivity contribution in [2.24, 2.45) is 0 Å². The molecule has 0 amide bonds. The topological polar surface area (TPSA) is 75.9 Å². The molecular formula is C17H20F3N5. The van der Waals surface area contributed by atoms with Gasteiger partial charge in [0.15, 0.2) is 0 Å². The number of hydrogen-bond donors (Lipinski definition) is 3. The summed E-state index contributed by atoms with van der Waals surface area (Å²) >= 11 is 0. The van der Waals surface area contributed by atoms with Gasteiger partial charge in [-0.3, -0.25) is 0 Å². The minimum Gasteiger partial charge on any atom is -0.399 e. The maximum atomic E-state index is 13.0. The first-order valence-corrected chi connectivity index (χ1v) is 8.05. The van der Waals surface area contributed by atoms with Crippen molar-refractivity contribution in [3.05, 3.63) is 46.4 Å². The first-order valence-electron chi connectivity index (χ1n) is 8.05. The lowest BCUT2D eigenvalue weighted by molar-refractivity contribution is -0.137. The highest BCUT2D eigenvalue weighted by Gasteiger charge is 2.31. The summed E-state index contributed by atoms with van der Waals surface area (Å²) in [6.07, 6.45) is -3.63. The molecule has 1 aromatic carbocycles. The van der Waals surface area contributed by atoms with Crippen molar-refractivity contribution < 1.29 is 13.2 Å². The lowest BCUT2D eigenvalue weighted by Crippen LogP contribution is -2.27. The molecule has 1 aliphatic rings. The molecule has 1 aromatic heterocycles. The van der Waals surface area contributed by atoms with Gasteiger partial charge in [-0.2, -0.15) is 13.2 Å². The molecule has 3 rings (SSSR count). The van der Waals surface area contributed by atoms with Gasteiger partial charge in [-0.25, -0.2) is 9.97 Å². The number of nitrogens with zero attached hydrogens (tertiary/aromatic N) is 2. The van der Waals surface area contributed by atoms with Crippen LogP contribution < -0.4 is 16.4 Å². The van der Waals surface area contributed by atoms with Crippen LogP contribution in [-0.2, 0) is 19.1 Å². The van der Waals surface area contributed by atoms with Crippen LogP contribution >= 0.6 is 0 Å². The van der Waals surface area contributed by atoms with Gasteiger partial charge < -0.3 is 16.4 Å². The van der Waals surface area contributed by atoms with Crippen LogP contribution in [0.2, 0.25) is 0 Å². The summed E-state index contributed by atoms with van der Waals surface area (Å²) in [5.74, 6) is 1.29. The number of nitrogen functional groups attached to an aromatic ring is 1. The third-order valence-electron chi connectivity index (χ3n) is 4.20. The summed E-state index contributed by atoms with van der Waals surface area (Å²) in [6, 6.07) is 3.22.